The van der Waals surface area contributed by atoms with Gasteiger partial charge in [0.05, 0.1) is 80.6 Å². The van der Waals surface area contributed by atoms with E-state index in [4.69, 9.17) is 10.5 Å². The topological polar surface area (TPSA) is 368 Å². The summed E-state index contributed by atoms with van der Waals surface area (Å²) in [7, 11) is 6.31. The predicted molar refractivity (Wildman–Crippen MR) is 428 cm³/mol. The number of halogens is 3. The van der Waals surface area contributed by atoms with Crippen LogP contribution in [0.4, 0.5) is 82.5 Å². The van der Waals surface area contributed by atoms with Gasteiger partial charge in [-0.05, 0) is 125 Å². The summed E-state index contributed by atoms with van der Waals surface area (Å²) in [5, 5.41) is 38.6. The number of aryl methyl sites for hydroxylation is 1. The molecule has 0 radical (unpaired) electrons. The number of para-hydroxylation sites is 2. The second-order valence-corrected chi connectivity index (χ2v) is 27.8. The number of rotatable bonds is 22. The molecule has 0 spiro atoms. The number of nitrogens with one attached hydrogen (secondary N) is 12. The molecule has 27 nitrogen and oxygen atoms in total. The van der Waals surface area contributed by atoms with Gasteiger partial charge in [-0.3, -0.25) is 24.0 Å². The number of anilines is 12. The summed E-state index contributed by atoms with van der Waals surface area (Å²) in [5.74, 6) is 0.102. The van der Waals surface area contributed by atoms with Crippen LogP contribution in [0.25, 0.3) is 21.8 Å². The molecule has 4 aliphatic rings. The van der Waals surface area contributed by atoms with Crippen molar-refractivity contribution in [2.45, 2.75) is 134 Å². The van der Waals surface area contributed by atoms with Gasteiger partial charge in [-0.1, -0.05) is 68.1 Å². The Balaban J connectivity index is 0.000000147. The quantitative estimate of drug-likeness (QED) is 0.0300. The number of nitrogens with two attached hydrogens (primary N) is 1. The molecule has 5 amide bonds. The number of hydrogen-bond donors (Lipinski definition) is 13. The van der Waals surface area contributed by atoms with Crippen LogP contribution in [-0.2, 0) is 15.5 Å². The summed E-state index contributed by atoms with van der Waals surface area (Å²) in [4.78, 5) is 95.6. The molecule has 3 aliphatic carbocycles. The van der Waals surface area contributed by atoms with E-state index in [-0.39, 0.29) is 58.7 Å². The molecular formula is C81H94F3N21O6. The van der Waals surface area contributed by atoms with Crippen LogP contribution in [0.3, 0.4) is 0 Å². The molecule has 8 aromatic heterocycles. The first kappa shape index (κ1) is 79.7. The van der Waals surface area contributed by atoms with Gasteiger partial charge in [-0.25, -0.2) is 53.0 Å². The second-order valence-electron chi connectivity index (χ2n) is 27.8. The fraction of sp³-hybridized carbons (Fsp3) is 0.346. The van der Waals surface area contributed by atoms with Crippen molar-refractivity contribution < 1.29 is 41.9 Å². The van der Waals surface area contributed by atoms with Crippen molar-refractivity contribution in [3.8, 4) is 0 Å². The van der Waals surface area contributed by atoms with Gasteiger partial charge in [-0.2, -0.15) is 0 Å². The second kappa shape index (κ2) is 37.2. The minimum atomic E-state index is -2.98. The molecule has 4 fully saturated rings. The first-order chi connectivity index (χ1) is 53.5. The van der Waals surface area contributed by atoms with Gasteiger partial charge in [-0.15, -0.1) is 0 Å². The van der Waals surface area contributed by atoms with Crippen LogP contribution >= 0.6 is 0 Å². The normalized spacial score (nSPS) is 17.9. The Morgan fingerprint density at radius 3 is 1.32 bits per heavy atom. The Hall–Kier alpha value is -12.3. The summed E-state index contributed by atoms with van der Waals surface area (Å²) in [6.45, 7) is 5.70. The third-order valence-electron chi connectivity index (χ3n) is 19.6. The van der Waals surface area contributed by atoms with Crippen molar-refractivity contribution in [2.24, 2.45) is 11.7 Å². The molecule has 3 saturated carbocycles. The molecule has 10 aromatic rings. The summed E-state index contributed by atoms with van der Waals surface area (Å²) in [6.07, 6.45) is 20.0. The minimum Gasteiger partial charge on any atom is -0.382 e. The molecular weight excluding hydrogens is 1420 g/mol. The van der Waals surface area contributed by atoms with Gasteiger partial charge in [0.15, 0.2) is 0 Å². The molecule has 1 saturated heterocycles. The first-order valence-electron chi connectivity index (χ1n) is 37.1. The van der Waals surface area contributed by atoms with Crippen molar-refractivity contribution in [1.82, 2.24) is 61.1 Å². The molecule has 9 heterocycles. The molecule has 5 atom stereocenters. The number of alkyl halides is 3. The summed E-state index contributed by atoms with van der Waals surface area (Å²) in [5.41, 5.74) is 11.3. The zero-order chi connectivity index (χ0) is 78.6. The molecule has 30 heteroatoms. The maximum Gasteiger partial charge on any atom is 0.272 e. The molecule has 1 unspecified atom stereocenters. The van der Waals surface area contributed by atoms with Gasteiger partial charge in [0.2, 0.25) is 5.91 Å². The molecule has 0 bridgehead atoms. The Bertz CT molecular complexity index is 4890. The lowest BCUT2D eigenvalue weighted by Gasteiger charge is -2.31. The van der Waals surface area contributed by atoms with Gasteiger partial charge in [0, 0.05) is 132 Å². The zero-order valence-electron chi connectivity index (χ0n) is 63.0. The highest BCUT2D eigenvalue weighted by atomic mass is 19.3. The van der Waals surface area contributed by atoms with Gasteiger partial charge in [0.25, 0.3) is 29.6 Å². The summed E-state index contributed by atoms with van der Waals surface area (Å²) < 4.78 is 46.8. The number of carbonyl (C=O) groups excluding carboxylic acids is 5. The third-order valence-corrected chi connectivity index (χ3v) is 19.6. The molecule has 2 aromatic carbocycles. The highest BCUT2D eigenvalue weighted by Crippen LogP contribution is 2.38. The van der Waals surface area contributed by atoms with E-state index in [0.717, 1.165) is 116 Å². The standard InChI is InChI=1S/C23H26N6O2.C20H24F3N5O.C20H21N5O2.C18H23N5O/c1-25-23(31)16-13-26-21(29-20-11-10-14-6-2-4-8-17(14)28-20)12-19(16)27-18-9-5-3-7-15(18)22(24)30;1-19(21)8-4-5-15(19)27-14-9-17(26-11-13(14)18(29)24-3)28-16-7-6-12(10-25-16)20(2,22)23;1-21-20(26)15-11-22-19(10-17(15)23-14-8-9-27-12-14)25-18-7-6-13-4-2-3-5-16(13)24-18;1-12-7-8-16(20-10-12)23-17-9-15(22-13-5-3-4-6-13)14(11-21-17)18(24)19-2/h2,4,6,8,10-13,15,18H,3,5,7,9H2,1H3,(H2,24,30)(H,25,31)(H2,26,27,28,29);6-7,9-11,15H,4-5,8H2,1-3H3,(H,24,29)(H2,25,26,27,28);2-7,10-11,14H,8-9,12H2,1H3,(H,21,26)(H2,22,23,24,25);7-11,13H,3-6H2,1-2H3,(H,19,24)(H2,20,21,22,23)/t15-,18+;15-,19+;;/m10../s1. The van der Waals surface area contributed by atoms with Gasteiger partial charge in [0.1, 0.15) is 52.2 Å². The van der Waals surface area contributed by atoms with Crippen LogP contribution in [-0.4, -0.2) is 141 Å². The van der Waals surface area contributed by atoms with Crippen LogP contribution in [0.5, 0.6) is 0 Å². The minimum absolute atomic E-state index is 0.122. The van der Waals surface area contributed by atoms with Crippen LogP contribution in [0, 0.1) is 12.8 Å². The molecule has 111 heavy (non-hydrogen) atoms. The monoisotopic (exact) mass is 1510 g/mol. The van der Waals surface area contributed by atoms with Gasteiger partial charge >= 0.3 is 0 Å². The number of pyridine rings is 8. The third kappa shape index (κ3) is 21.5. The number of hydrogen-bond acceptors (Lipinski definition) is 22. The van der Waals surface area contributed by atoms with E-state index in [0.29, 0.717) is 94.3 Å². The fourth-order valence-corrected chi connectivity index (χ4v) is 13.4. The lowest BCUT2D eigenvalue weighted by atomic mass is 9.84. The highest BCUT2D eigenvalue weighted by Gasteiger charge is 2.40. The number of primary amides is 1. The average molecular weight is 1510 g/mol. The number of benzene rings is 2. The van der Waals surface area contributed by atoms with Crippen LogP contribution in [0.2, 0.25) is 0 Å². The summed E-state index contributed by atoms with van der Waals surface area (Å²) >= 11 is 0. The number of nitrogens with zero attached hydrogens (tertiary/aromatic N) is 8. The van der Waals surface area contributed by atoms with Crippen molar-refractivity contribution >= 4 is 121 Å². The number of aromatic nitrogens is 8. The van der Waals surface area contributed by atoms with Crippen molar-refractivity contribution in [3.63, 3.8) is 0 Å². The van der Waals surface area contributed by atoms with Crippen molar-refractivity contribution in [2.75, 3.05) is 83.9 Å². The van der Waals surface area contributed by atoms with E-state index in [2.05, 4.69) is 104 Å². The Morgan fingerprint density at radius 1 is 0.468 bits per heavy atom. The predicted octanol–water partition coefficient (Wildman–Crippen LogP) is 13.7. The van der Waals surface area contributed by atoms with E-state index < -0.39 is 17.6 Å². The number of amides is 5. The van der Waals surface area contributed by atoms with Crippen LogP contribution in [0.15, 0.2) is 159 Å². The van der Waals surface area contributed by atoms with Gasteiger partial charge < -0.3 is 74.3 Å². The van der Waals surface area contributed by atoms with E-state index in [1.165, 1.54) is 44.4 Å². The Kier molecular flexibility index (Phi) is 26.7. The molecule has 1 aliphatic heterocycles. The first-order valence-corrected chi connectivity index (χ1v) is 37.1. The number of ether oxygens (including phenoxy) is 1. The summed E-state index contributed by atoms with van der Waals surface area (Å²) in [6, 6.07) is 37.3. The Morgan fingerprint density at radius 2 is 0.892 bits per heavy atom. The maximum absolute atomic E-state index is 14.7. The molecule has 14 N–H and O–H groups in total. The van der Waals surface area contributed by atoms with Crippen molar-refractivity contribution in [1.29, 1.82) is 0 Å². The van der Waals surface area contributed by atoms with Crippen LogP contribution < -0.4 is 69.5 Å². The van der Waals surface area contributed by atoms with Crippen LogP contribution in [0.1, 0.15) is 143 Å². The smallest absolute Gasteiger partial charge is 0.272 e. The zero-order valence-corrected chi connectivity index (χ0v) is 63.0. The lowest BCUT2D eigenvalue weighted by molar-refractivity contribution is -0.123. The lowest BCUT2D eigenvalue weighted by Crippen LogP contribution is -2.41. The van der Waals surface area contributed by atoms with E-state index >= 15 is 0 Å². The Labute approximate surface area is 641 Å². The highest BCUT2D eigenvalue weighted by molar-refractivity contribution is 6.02. The largest absolute Gasteiger partial charge is 0.382 e. The van der Waals surface area contributed by atoms with Crippen molar-refractivity contribution in [3.05, 3.63) is 192 Å². The number of carbonyl (C=O) groups is 5. The SMILES string of the molecule is CNC(=O)c1cnc(Nc2ccc(C(C)(F)F)cn2)cc1N[C@H]1CCC[C@@]1(C)F.CNC(=O)c1cnc(Nc2ccc(C)cn2)cc1NC1CCCC1.CNC(=O)c1cnc(Nc2ccc3ccccc3n2)cc1NC1CCOC1.CNC(=O)c1cnc(Nc2ccc3ccccc3n2)cc1N[C@H]1CCCC[C@H]1C(N)=O. The molecule has 580 valence electrons. The number of fused-ring (bicyclic) bond motifs is 2. The fourth-order valence-electron chi connectivity index (χ4n) is 13.4. The average Bonchev–Trinajstić information content (AvgIpc) is 1.81. The maximum atomic E-state index is 14.7. The molecule has 14 rings (SSSR count). The van der Waals surface area contributed by atoms with E-state index in [1.54, 1.807) is 58.8 Å². The van der Waals surface area contributed by atoms with E-state index in [1.807, 2.05) is 104 Å². The van der Waals surface area contributed by atoms with E-state index in [9.17, 15) is 37.1 Å².